The zero-order valence-corrected chi connectivity index (χ0v) is 58.5. The van der Waals surface area contributed by atoms with Gasteiger partial charge in [-0.05, 0) is 62.5 Å². The monoisotopic (exact) mass is 1430 g/mol. The molecule has 1 saturated heterocycles. The van der Waals surface area contributed by atoms with Gasteiger partial charge in [0.2, 0.25) is 64.7 Å². The first-order valence-corrected chi connectivity index (χ1v) is 34.6. The second-order valence-corrected chi connectivity index (χ2v) is 26.7. The molecule has 2 aromatic rings. The maximum absolute atomic E-state index is 15.1. The van der Waals surface area contributed by atoms with Crippen LogP contribution in [0.5, 0.6) is 5.75 Å². The summed E-state index contributed by atoms with van der Waals surface area (Å²) in [4.78, 5) is 238. The molecule has 33 heteroatoms. The Bertz CT molecular complexity index is 3580. The number of aliphatic hydroxyl groups is 1. The van der Waals surface area contributed by atoms with Crippen LogP contribution >= 0.6 is 11.8 Å². The van der Waals surface area contributed by atoms with Crippen LogP contribution in [-0.4, -0.2) is 223 Å². The van der Waals surface area contributed by atoms with E-state index in [0.29, 0.717) is 0 Å². The number of ether oxygens (including phenoxy) is 4. The number of methoxy groups -OCH3 is 1. The molecule has 550 valence electrons. The highest BCUT2D eigenvalue weighted by atomic mass is 32.2. The van der Waals surface area contributed by atoms with Crippen molar-refractivity contribution in [2.75, 3.05) is 65.5 Å². The summed E-state index contributed by atoms with van der Waals surface area (Å²) in [5.41, 5.74) is 0.335. The number of hydrogen-bond acceptors (Lipinski definition) is 23. The molecule has 1 aromatic heterocycles. The first kappa shape index (κ1) is 80.7. The van der Waals surface area contributed by atoms with Crippen LogP contribution in [0.2, 0.25) is 0 Å². The van der Waals surface area contributed by atoms with Crippen LogP contribution in [0.1, 0.15) is 130 Å². The Balaban J connectivity index is 1.48. The number of carbonyl (C=O) groups excluding carboxylic acids is 17. The molecule has 0 spiro atoms. The minimum atomic E-state index is -1.81. The number of nitrogens with zero attached hydrogens (tertiary/aromatic N) is 1. The number of esters is 2. The summed E-state index contributed by atoms with van der Waals surface area (Å²) < 4.78 is 22.0. The number of amides is 9. The largest absolute Gasteiger partial charge is 0.469 e. The molecule has 1 fully saturated rings. The summed E-state index contributed by atoms with van der Waals surface area (Å²) >= 11 is 0.852. The number of thioether (sulfide) groups is 1. The summed E-state index contributed by atoms with van der Waals surface area (Å²) in [6.07, 6.45) is -4.58. The average molecular weight is 1430 g/mol. The van der Waals surface area contributed by atoms with Gasteiger partial charge in [-0.25, -0.2) is 0 Å². The zero-order valence-electron chi connectivity index (χ0n) is 57.6. The summed E-state index contributed by atoms with van der Waals surface area (Å²) in [5.74, 6) is -13.6. The molecule has 0 aliphatic carbocycles. The quantitative estimate of drug-likeness (QED) is 0.0723. The SMILES string of the molecule is CC[C@H](C)[C@@H]1NC(=O)[C@@H]2C[C@H](O)CN2C(=O)[C@H](CC(=O)OC)NC(=O)[C@@H]2CSc3[nH]c4cc5c(cc4c3C[C@H](CC1=O)C(=O)NCC(=O)NCC(=O)NCC(=O)N2)CC(=O)C(C)CC(=O)C(C)NC(=O)CCOCCCC(=O)C#CC(=O)CCCOCCC(=O)NC(C)C(=O)CC(C)C(=O)O5. The van der Waals surface area contributed by atoms with Crippen LogP contribution in [0.25, 0.3) is 10.9 Å². The van der Waals surface area contributed by atoms with Gasteiger partial charge in [0.05, 0.1) is 87.1 Å². The van der Waals surface area contributed by atoms with E-state index < -0.39 is 236 Å². The van der Waals surface area contributed by atoms with Gasteiger partial charge in [0.15, 0.2) is 17.3 Å². The summed E-state index contributed by atoms with van der Waals surface area (Å²) in [6.45, 7) is 6.46. The lowest BCUT2D eigenvalue weighted by Crippen LogP contribution is -2.59. The number of ketones is 6. The van der Waals surface area contributed by atoms with Crippen molar-refractivity contribution in [3.8, 4) is 17.6 Å². The van der Waals surface area contributed by atoms with E-state index in [1.54, 1.807) is 13.8 Å². The van der Waals surface area contributed by atoms with E-state index in [9.17, 15) is 81.8 Å². The fourth-order valence-electron chi connectivity index (χ4n) is 11.4. The lowest BCUT2D eigenvalue weighted by molar-refractivity contribution is -0.148. The Morgan fingerprint density at radius 1 is 0.653 bits per heavy atom. The number of carbonyl (C=O) groups is 17. The van der Waals surface area contributed by atoms with Crippen molar-refractivity contribution in [1.82, 2.24) is 52.4 Å². The minimum Gasteiger partial charge on any atom is -0.469 e. The Morgan fingerprint density at radius 3 is 1.83 bits per heavy atom. The van der Waals surface area contributed by atoms with Gasteiger partial charge in [0, 0.05) is 112 Å². The van der Waals surface area contributed by atoms with Crippen LogP contribution in [0.4, 0.5) is 0 Å². The minimum absolute atomic E-state index is 0.00639. The lowest BCUT2D eigenvalue weighted by atomic mass is 9.86. The van der Waals surface area contributed by atoms with E-state index >= 15 is 4.79 Å². The molecule has 4 aliphatic heterocycles. The molecule has 32 nitrogen and oxygen atoms in total. The van der Waals surface area contributed by atoms with Crippen molar-refractivity contribution < 1.29 is 106 Å². The van der Waals surface area contributed by atoms with Crippen LogP contribution in [0, 0.1) is 35.5 Å². The number of nitrogens with one attached hydrogen (secondary N) is 9. The van der Waals surface area contributed by atoms with E-state index in [1.165, 1.54) is 39.8 Å². The van der Waals surface area contributed by atoms with Gasteiger partial charge in [-0.1, -0.05) is 34.1 Å². The van der Waals surface area contributed by atoms with Crippen molar-refractivity contribution in [2.24, 2.45) is 23.7 Å². The Morgan fingerprint density at radius 2 is 1.24 bits per heavy atom. The number of benzene rings is 1. The third-order valence-electron chi connectivity index (χ3n) is 17.6. The molecule has 4 aliphatic rings. The van der Waals surface area contributed by atoms with Crippen LogP contribution in [0.3, 0.4) is 0 Å². The molecule has 9 amide bonds. The molecule has 2 bridgehead atoms. The van der Waals surface area contributed by atoms with E-state index in [1.807, 2.05) is 0 Å². The molecule has 0 saturated carbocycles. The Labute approximate surface area is 586 Å². The highest BCUT2D eigenvalue weighted by Crippen LogP contribution is 2.38. The van der Waals surface area contributed by atoms with Gasteiger partial charge in [-0.3, -0.25) is 81.5 Å². The Hall–Kier alpha value is -9.26. The number of rotatable bonds is 4. The topological polar surface area (TPSA) is 463 Å². The summed E-state index contributed by atoms with van der Waals surface area (Å²) in [7, 11) is 1.02. The molecule has 1 aromatic carbocycles. The highest BCUT2D eigenvalue weighted by Gasteiger charge is 2.45. The molecule has 10 N–H and O–H groups in total. The van der Waals surface area contributed by atoms with E-state index in [-0.39, 0.29) is 111 Å². The number of Topliss-reactive ketones (excluding diaryl/α,β-unsaturated/α-hetero) is 6. The van der Waals surface area contributed by atoms with Crippen molar-refractivity contribution >= 4 is 122 Å². The molecule has 4 unspecified atom stereocenters. The zero-order chi connectivity index (χ0) is 74.2. The van der Waals surface area contributed by atoms with E-state index in [0.717, 1.165) is 23.8 Å². The van der Waals surface area contributed by atoms with Gasteiger partial charge in [-0.15, -0.1) is 11.8 Å². The highest BCUT2D eigenvalue weighted by molar-refractivity contribution is 7.99. The average Bonchev–Trinajstić information content (AvgIpc) is 1.64. The van der Waals surface area contributed by atoms with Crippen molar-refractivity contribution in [1.29, 1.82) is 0 Å². The number of hydrogen-bond donors (Lipinski definition) is 10. The van der Waals surface area contributed by atoms with Gasteiger partial charge < -0.3 is 76.5 Å². The third-order valence-corrected chi connectivity index (χ3v) is 18.7. The van der Waals surface area contributed by atoms with Gasteiger partial charge in [0.1, 0.15) is 29.7 Å². The van der Waals surface area contributed by atoms with E-state index in [2.05, 4.69) is 59.4 Å². The summed E-state index contributed by atoms with van der Waals surface area (Å²) in [6, 6.07) is -5.75. The maximum Gasteiger partial charge on any atom is 0.314 e. The van der Waals surface area contributed by atoms with Gasteiger partial charge in [-0.2, -0.15) is 0 Å². The number of aromatic amines is 1. The molecule has 101 heavy (non-hydrogen) atoms. The first-order valence-electron chi connectivity index (χ1n) is 33.7. The van der Waals surface area contributed by atoms with Crippen LogP contribution in [0.15, 0.2) is 17.2 Å². The molecular formula is C68H90N10O22S. The predicted octanol–water partition coefficient (Wildman–Crippen LogP) is -1.47. The summed E-state index contributed by atoms with van der Waals surface area (Å²) in [5, 5.41) is 31.4. The second-order valence-electron chi connectivity index (χ2n) is 25.6. The number of aromatic nitrogens is 1. The molecule has 11 atom stereocenters. The van der Waals surface area contributed by atoms with Crippen molar-refractivity contribution in [2.45, 2.75) is 179 Å². The molecule has 0 radical (unpaired) electrons. The maximum atomic E-state index is 15.1. The smallest absolute Gasteiger partial charge is 0.314 e. The second kappa shape index (κ2) is 39.1. The fraction of sp³-hybridized carbons (Fsp3) is 0.603. The Kier molecular flexibility index (Phi) is 31.2. The lowest BCUT2D eigenvalue weighted by Gasteiger charge is -2.31. The van der Waals surface area contributed by atoms with E-state index in [4.69, 9.17) is 18.9 Å². The third kappa shape index (κ3) is 24.8. The van der Waals surface area contributed by atoms with Crippen molar-refractivity contribution in [3.05, 3.63) is 23.3 Å². The van der Waals surface area contributed by atoms with Crippen LogP contribution < -0.4 is 47.3 Å². The predicted molar refractivity (Wildman–Crippen MR) is 357 cm³/mol. The van der Waals surface area contributed by atoms with Crippen molar-refractivity contribution in [3.63, 3.8) is 0 Å². The molecule has 6 rings (SSSR count). The molecular weight excluding hydrogens is 1340 g/mol. The first-order chi connectivity index (χ1) is 47.9. The number of aliphatic hydroxyl groups excluding tert-OH is 1. The van der Waals surface area contributed by atoms with Gasteiger partial charge in [0.25, 0.3) is 0 Å². The fourth-order valence-corrected chi connectivity index (χ4v) is 12.5. The molecule has 5 heterocycles. The normalized spacial score (nSPS) is 27.0. The number of fused-ring (bicyclic) bond motifs is 6. The number of H-pyrrole nitrogens is 1. The standard InChI is InChI=1S/C68H90N10O22S/c1-8-35(2)62-54(85)26-41-24-46-45-23-40-25-51(82)36(3)21-52(83)38(5)72-56(86)15-19-98-17-9-11-42(79)13-14-43(80)12-10-18-99-20-16-57(87)73-39(6)53(84)22-37(4)68(96)100-55(40)28-47(45)76-66(46)101-34-49(74-60(90)32-70-58(88)30-69-59(89)31-71-63(41)92)64(93)75-48(29-61(91)97-7)67(95)78-33-44(81)27-50(78)65(94)77-62/h23,28,35-39,41,44,48-50,62,76,81H,8-12,15-22,24-27,29-34H2,1-7H3,(H,69,89)(H,70,88)(H,71,92)(H,72,86)(H,73,87)(H,74,90)(H,75,93)(H,77,94)/t35-,36?,37?,38?,39?,41+,44-,48-,49-,50-,62-/m0/s1. The van der Waals surface area contributed by atoms with Gasteiger partial charge >= 0.3 is 11.9 Å². The van der Waals surface area contributed by atoms with Crippen LogP contribution in [-0.2, 0) is 109 Å².